The monoisotopic (exact) mass is 518 g/mol. The van der Waals surface area contributed by atoms with Crippen molar-refractivity contribution < 1.29 is 66.0 Å². The number of phosphoric ester groups is 2. The Morgan fingerprint density at radius 1 is 0.727 bits per heavy atom. The minimum atomic E-state index is -4.45. The van der Waals surface area contributed by atoms with Gasteiger partial charge in [-0.15, -0.1) is 0 Å². The highest BCUT2D eigenvalue weighted by molar-refractivity contribution is 7.47. The lowest BCUT2D eigenvalue weighted by Gasteiger charge is -2.12. The summed E-state index contributed by atoms with van der Waals surface area (Å²) in [5, 5.41) is 0. The van der Waals surface area contributed by atoms with E-state index in [2.05, 4.69) is 47.5 Å². The predicted octanol–water partition coefficient (Wildman–Crippen LogP) is 1.18. The molecule has 0 aromatic carbocycles. The molecule has 190 valence electrons. The molecular weight excluding hydrogens is 490 g/mol. The van der Waals surface area contributed by atoms with Gasteiger partial charge in [0.1, 0.15) is 19.8 Å². The summed E-state index contributed by atoms with van der Waals surface area (Å²) in [7, 11) is -8.74. The van der Waals surface area contributed by atoms with Crippen molar-refractivity contribution in [3.63, 3.8) is 0 Å². The molecule has 3 N–H and O–H groups in total. The van der Waals surface area contributed by atoms with E-state index in [9.17, 15) is 28.4 Å². The molecule has 0 aliphatic heterocycles. The quantitative estimate of drug-likeness (QED) is 0.0917. The molecule has 0 rings (SSSR count). The van der Waals surface area contributed by atoms with E-state index in [1.165, 1.54) is 13.8 Å². The molecule has 0 fully saturated rings. The molecule has 0 amide bonds. The fourth-order valence-electron chi connectivity index (χ4n) is 1.22. The van der Waals surface area contributed by atoms with E-state index in [1.54, 1.807) is 0 Å². The third kappa shape index (κ3) is 22.8. The van der Waals surface area contributed by atoms with Crippen molar-refractivity contribution in [3.05, 3.63) is 37.0 Å². The molecule has 0 aromatic rings. The van der Waals surface area contributed by atoms with Crippen LogP contribution in [-0.4, -0.2) is 72.2 Å². The minimum absolute atomic E-state index is 0.206. The molecule has 0 unspecified atom stereocenters. The van der Waals surface area contributed by atoms with Crippen LogP contribution in [0.2, 0.25) is 0 Å². The zero-order valence-corrected chi connectivity index (χ0v) is 20.0. The number of phosphoric acid groups is 2. The summed E-state index contributed by atoms with van der Waals surface area (Å²) in [4.78, 5) is 57.9. The van der Waals surface area contributed by atoms with E-state index in [4.69, 9.17) is 9.79 Å². The standard InChI is InChI=1S/C12H19O8P.C5H9O6P/c1-9(2)11(13)17-5-7-19-21(15,16)20-8-6-18-12(14)10(3)4;1-2-5(6)10-3-4-11-12(7,8)9/h1,3,5-8H2,2,4H3,(H,15,16);2H,1,3-4H2,(H2,7,8,9). The number of hydrogen-bond donors (Lipinski definition) is 3. The van der Waals surface area contributed by atoms with E-state index in [1.807, 2.05) is 0 Å². The van der Waals surface area contributed by atoms with Crippen molar-refractivity contribution in [2.45, 2.75) is 13.8 Å². The molecule has 0 radical (unpaired) electrons. The Bertz CT molecular complexity index is 747. The molecule has 0 bridgehead atoms. The molecular formula is C17H28O14P2. The van der Waals surface area contributed by atoms with E-state index >= 15 is 0 Å². The van der Waals surface area contributed by atoms with E-state index < -0.39 is 33.6 Å². The van der Waals surface area contributed by atoms with Gasteiger partial charge >= 0.3 is 33.6 Å². The Morgan fingerprint density at radius 3 is 1.42 bits per heavy atom. The second kappa shape index (κ2) is 17.3. The third-order valence-electron chi connectivity index (χ3n) is 2.59. The van der Waals surface area contributed by atoms with Crippen molar-refractivity contribution in [2.75, 3.05) is 39.6 Å². The molecule has 0 saturated heterocycles. The minimum Gasteiger partial charge on any atom is -0.460 e. The molecule has 0 spiro atoms. The van der Waals surface area contributed by atoms with Crippen LogP contribution in [0.5, 0.6) is 0 Å². The second-order valence-corrected chi connectivity index (χ2v) is 8.36. The maximum Gasteiger partial charge on any atom is 0.472 e. The number of esters is 3. The largest absolute Gasteiger partial charge is 0.472 e. The van der Waals surface area contributed by atoms with Gasteiger partial charge in [0.05, 0.1) is 19.8 Å². The lowest BCUT2D eigenvalue weighted by molar-refractivity contribution is -0.140. The Hall–Kier alpha value is -2.15. The van der Waals surface area contributed by atoms with Gasteiger partial charge < -0.3 is 28.9 Å². The molecule has 0 aliphatic carbocycles. The molecule has 16 heteroatoms. The van der Waals surface area contributed by atoms with Crippen LogP contribution in [0.1, 0.15) is 13.8 Å². The van der Waals surface area contributed by atoms with Crippen molar-refractivity contribution in [2.24, 2.45) is 0 Å². The normalized spacial score (nSPS) is 10.8. The summed E-state index contributed by atoms with van der Waals surface area (Å²) in [5.41, 5.74) is 0.413. The van der Waals surface area contributed by atoms with Gasteiger partial charge in [-0.3, -0.25) is 13.6 Å². The third-order valence-corrected chi connectivity index (χ3v) is 4.13. The highest BCUT2D eigenvalue weighted by Gasteiger charge is 2.21. The van der Waals surface area contributed by atoms with E-state index in [-0.39, 0.29) is 50.8 Å². The van der Waals surface area contributed by atoms with Crippen molar-refractivity contribution in [3.8, 4) is 0 Å². The van der Waals surface area contributed by atoms with Gasteiger partial charge in [-0.2, -0.15) is 0 Å². The van der Waals surface area contributed by atoms with Crippen molar-refractivity contribution in [1.29, 1.82) is 0 Å². The van der Waals surface area contributed by atoms with Crippen LogP contribution in [0.4, 0.5) is 0 Å². The number of carbonyl (C=O) groups is 3. The first-order valence-electron chi connectivity index (χ1n) is 8.87. The molecule has 0 atom stereocenters. The first-order chi connectivity index (χ1) is 15.1. The average molecular weight is 518 g/mol. The smallest absolute Gasteiger partial charge is 0.460 e. The Morgan fingerprint density at radius 2 is 1.09 bits per heavy atom. The van der Waals surface area contributed by atoms with Crippen molar-refractivity contribution in [1.82, 2.24) is 0 Å². The summed E-state index contributed by atoms with van der Waals surface area (Å²) < 4.78 is 48.1. The summed E-state index contributed by atoms with van der Waals surface area (Å²) in [6.45, 7) is 11.2. The Kier molecular flexibility index (Phi) is 17.4. The first-order valence-corrected chi connectivity index (χ1v) is 11.9. The summed E-state index contributed by atoms with van der Waals surface area (Å²) >= 11 is 0. The van der Waals surface area contributed by atoms with Crippen molar-refractivity contribution >= 4 is 33.6 Å². The van der Waals surface area contributed by atoms with Gasteiger partial charge in [0, 0.05) is 17.2 Å². The van der Waals surface area contributed by atoms with Gasteiger partial charge in [-0.25, -0.2) is 23.5 Å². The number of ether oxygens (including phenoxy) is 3. The molecule has 14 nitrogen and oxygen atoms in total. The molecule has 0 aromatic heterocycles. The predicted molar refractivity (Wildman–Crippen MR) is 112 cm³/mol. The van der Waals surface area contributed by atoms with Gasteiger partial charge in [0.25, 0.3) is 0 Å². The molecule has 33 heavy (non-hydrogen) atoms. The second-order valence-electron chi connectivity index (χ2n) is 5.66. The van der Waals surface area contributed by atoms with Crippen LogP contribution in [0.25, 0.3) is 0 Å². The average Bonchev–Trinajstić information content (AvgIpc) is 2.70. The fraction of sp³-hybridized carbons (Fsp3) is 0.471. The molecule has 0 saturated carbocycles. The Balaban J connectivity index is 0. The van der Waals surface area contributed by atoms with Crippen LogP contribution in [0.3, 0.4) is 0 Å². The van der Waals surface area contributed by atoms with E-state index in [0.29, 0.717) is 0 Å². The lowest BCUT2D eigenvalue weighted by atomic mass is 10.4. The highest BCUT2D eigenvalue weighted by Crippen LogP contribution is 2.42. The maximum atomic E-state index is 11.4. The number of carbonyl (C=O) groups excluding carboxylic acids is 3. The molecule has 0 heterocycles. The number of hydrogen-bond acceptors (Lipinski definition) is 11. The SMILES string of the molecule is C=C(C)C(=O)OCCOP(=O)(O)OCCOC(=O)C(=C)C.C=CC(=O)OCCOP(=O)(O)O. The van der Waals surface area contributed by atoms with Gasteiger partial charge in [0.2, 0.25) is 0 Å². The fourth-order valence-corrected chi connectivity index (χ4v) is 2.21. The van der Waals surface area contributed by atoms with E-state index in [0.717, 1.165) is 6.08 Å². The zero-order chi connectivity index (χ0) is 26.1. The van der Waals surface area contributed by atoms with Crippen LogP contribution < -0.4 is 0 Å². The lowest BCUT2D eigenvalue weighted by Crippen LogP contribution is -2.12. The zero-order valence-electron chi connectivity index (χ0n) is 18.2. The summed E-state index contributed by atoms with van der Waals surface area (Å²) in [5.74, 6) is -1.91. The highest BCUT2D eigenvalue weighted by atomic mass is 31.2. The van der Waals surface area contributed by atoms with Crippen LogP contribution in [0, 0.1) is 0 Å². The van der Waals surface area contributed by atoms with Crippen LogP contribution in [0.15, 0.2) is 37.0 Å². The maximum absolute atomic E-state index is 11.4. The summed E-state index contributed by atoms with van der Waals surface area (Å²) in [6, 6.07) is 0. The molecule has 0 aliphatic rings. The number of rotatable bonds is 15. The topological polar surface area (TPSA) is 201 Å². The van der Waals surface area contributed by atoms with Gasteiger partial charge in [-0.1, -0.05) is 19.7 Å². The van der Waals surface area contributed by atoms with Crippen LogP contribution in [-0.2, 0) is 51.3 Å². The van der Waals surface area contributed by atoms with Gasteiger partial charge in [-0.05, 0) is 13.8 Å². The first kappa shape index (κ1) is 33.0. The Labute approximate surface area is 190 Å². The van der Waals surface area contributed by atoms with Crippen LogP contribution >= 0.6 is 15.6 Å². The summed E-state index contributed by atoms with van der Waals surface area (Å²) in [6.07, 6.45) is 0.942. The van der Waals surface area contributed by atoms with Gasteiger partial charge in [0.15, 0.2) is 0 Å².